The Morgan fingerprint density at radius 2 is 2.08 bits per heavy atom. The lowest BCUT2D eigenvalue weighted by atomic mass is 9.93. The van der Waals surface area contributed by atoms with Crippen molar-refractivity contribution < 1.29 is 9.90 Å². The van der Waals surface area contributed by atoms with Gasteiger partial charge in [-0.1, -0.05) is 20.8 Å². The first-order valence-corrected chi connectivity index (χ1v) is 4.55. The maximum atomic E-state index is 11.4. The van der Waals surface area contributed by atoms with Crippen molar-refractivity contribution in [3.63, 3.8) is 0 Å². The van der Waals surface area contributed by atoms with Gasteiger partial charge in [0.2, 0.25) is 5.91 Å². The molecule has 0 unspecified atom stereocenters. The molecule has 4 heteroatoms. The van der Waals surface area contributed by atoms with Crippen LogP contribution in [0, 0.1) is 5.41 Å². The molecule has 1 heterocycles. The van der Waals surface area contributed by atoms with Gasteiger partial charge >= 0.3 is 0 Å². The second-order valence-corrected chi connectivity index (χ2v) is 4.76. The van der Waals surface area contributed by atoms with Crippen molar-refractivity contribution in [2.75, 3.05) is 19.6 Å². The standard InChI is InChI=1S/C9H18N2O2/c1-8(2,3)7(12)11-6-9(13)4-10-5-9/h10,13H,4-6H2,1-3H3,(H,11,12). The van der Waals surface area contributed by atoms with Crippen molar-refractivity contribution in [2.45, 2.75) is 26.4 Å². The Kier molecular flexibility index (Phi) is 2.63. The minimum atomic E-state index is -0.721. The van der Waals surface area contributed by atoms with Crippen LogP contribution in [0.3, 0.4) is 0 Å². The molecule has 4 nitrogen and oxygen atoms in total. The van der Waals surface area contributed by atoms with Gasteiger partial charge in [0.15, 0.2) is 0 Å². The van der Waals surface area contributed by atoms with Crippen LogP contribution in [0.4, 0.5) is 0 Å². The number of carbonyl (C=O) groups is 1. The van der Waals surface area contributed by atoms with E-state index in [1.165, 1.54) is 0 Å². The predicted octanol–water partition coefficient (Wildman–Crippen LogP) is -0.517. The molecule has 0 atom stereocenters. The van der Waals surface area contributed by atoms with Gasteiger partial charge < -0.3 is 15.7 Å². The number of carbonyl (C=O) groups excluding carboxylic acids is 1. The molecular weight excluding hydrogens is 168 g/mol. The maximum Gasteiger partial charge on any atom is 0.225 e. The molecule has 0 aliphatic carbocycles. The van der Waals surface area contributed by atoms with E-state index in [-0.39, 0.29) is 11.3 Å². The van der Waals surface area contributed by atoms with Gasteiger partial charge in [-0.3, -0.25) is 4.79 Å². The normalized spacial score (nSPS) is 20.6. The molecule has 1 amide bonds. The third kappa shape index (κ3) is 2.67. The topological polar surface area (TPSA) is 61.4 Å². The first-order chi connectivity index (χ1) is 5.83. The summed E-state index contributed by atoms with van der Waals surface area (Å²) >= 11 is 0. The highest BCUT2D eigenvalue weighted by Crippen LogP contribution is 2.14. The molecule has 1 rings (SSSR count). The molecule has 1 saturated heterocycles. The maximum absolute atomic E-state index is 11.4. The minimum Gasteiger partial charge on any atom is -0.385 e. The van der Waals surface area contributed by atoms with Crippen LogP contribution in [0.1, 0.15) is 20.8 Å². The van der Waals surface area contributed by atoms with Crippen molar-refractivity contribution in [2.24, 2.45) is 5.41 Å². The predicted molar refractivity (Wildman–Crippen MR) is 50.3 cm³/mol. The van der Waals surface area contributed by atoms with Crippen LogP contribution in [-0.4, -0.2) is 36.2 Å². The Bertz CT molecular complexity index is 204. The number of rotatable bonds is 2. The molecule has 1 aliphatic rings. The molecule has 0 aromatic rings. The van der Waals surface area contributed by atoms with Crippen LogP contribution < -0.4 is 10.6 Å². The molecule has 0 aromatic carbocycles. The zero-order chi connectivity index (χ0) is 10.1. The Hall–Kier alpha value is -0.610. The summed E-state index contributed by atoms with van der Waals surface area (Å²) in [5, 5.41) is 15.3. The Labute approximate surface area is 78.7 Å². The molecule has 1 aliphatic heterocycles. The molecule has 76 valence electrons. The average Bonchev–Trinajstić information content (AvgIpc) is 1.94. The average molecular weight is 186 g/mol. The van der Waals surface area contributed by atoms with Crippen LogP contribution in [0.25, 0.3) is 0 Å². The van der Waals surface area contributed by atoms with Crippen molar-refractivity contribution in [3.05, 3.63) is 0 Å². The van der Waals surface area contributed by atoms with Gasteiger partial charge in [-0.25, -0.2) is 0 Å². The first-order valence-electron chi connectivity index (χ1n) is 4.55. The Morgan fingerprint density at radius 1 is 1.54 bits per heavy atom. The van der Waals surface area contributed by atoms with Gasteiger partial charge in [-0.05, 0) is 0 Å². The van der Waals surface area contributed by atoms with E-state index in [0.29, 0.717) is 19.6 Å². The smallest absolute Gasteiger partial charge is 0.225 e. The number of aliphatic hydroxyl groups is 1. The number of amides is 1. The monoisotopic (exact) mass is 186 g/mol. The van der Waals surface area contributed by atoms with Gasteiger partial charge in [0.05, 0.1) is 0 Å². The second-order valence-electron chi connectivity index (χ2n) is 4.76. The molecule has 0 radical (unpaired) electrons. The van der Waals surface area contributed by atoms with Crippen LogP contribution in [0.2, 0.25) is 0 Å². The fraction of sp³-hybridized carbons (Fsp3) is 0.889. The number of β-amino-alcohol motifs (C(OH)–C–C–N with tert-alkyl or cyclic N) is 1. The van der Waals surface area contributed by atoms with Crippen LogP contribution in [0.15, 0.2) is 0 Å². The summed E-state index contributed by atoms with van der Waals surface area (Å²) in [7, 11) is 0. The van der Waals surface area contributed by atoms with Gasteiger partial charge in [-0.2, -0.15) is 0 Å². The van der Waals surface area contributed by atoms with Gasteiger partial charge in [0.1, 0.15) is 5.60 Å². The third-order valence-electron chi connectivity index (χ3n) is 2.17. The summed E-state index contributed by atoms with van der Waals surface area (Å²) in [5.41, 5.74) is -1.10. The Balaban J connectivity index is 2.30. The summed E-state index contributed by atoms with van der Waals surface area (Å²) in [6.07, 6.45) is 0. The molecule has 3 N–H and O–H groups in total. The highest BCUT2D eigenvalue weighted by atomic mass is 16.3. The van der Waals surface area contributed by atoms with E-state index in [4.69, 9.17) is 0 Å². The molecule has 0 bridgehead atoms. The first kappa shape index (κ1) is 10.5. The Morgan fingerprint density at radius 3 is 2.38 bits per heavy atom. The fourth-order valence-electron chi connectivity index (χ4n) is 1.05. The highest BCUT2D eigenvalue weighted by molar-refractivity contribution is 5.81. The van der Waals surface area contributed by atoms with Crippen molar-refractivity contribution in [1.82, 2.24) is 10.6 Å². The van der Waals surface area contributed by atoms with E-state index < -0.39 is 5.60 Å². The van der Waals surface area contributed by atoms with Crippen molar-refractivity contribution >= 4 is 5.91 Å². The van der Waals surface area contributed by atoms with Gasteiger partial charge in [0, 0.05) is 25.0 Å². The lowest BCUT2D eigenvalue weighted by Gasteiger charge is -2.38. The lowest BCUT2D eigenvalue weighted by molar-refractivity contribution is -0.130. The number of hydrogen-bond donors (Lipinski definition) is 3. The summed E-state index contributed by atoms with van der Waals surface area (Å²) in [5.74, 6) is -0.0205. The zero-order valence-electron chi connectivity index (χ0n) is 8.48. The van der Waals surface area contributed by atoms with Crippen LogP contribution in [-0.2, 0) is 4.79 Å². The fourth-order valence-corrected chi connectivity index (χ4v) is 1.05. The van der Waals surface area contributed by atoms with Crippen molar-refractivity contribution in [1.29, 1.82) is 0 Å². The van der Waals surface area contributed by atoms with Gasteiger partial charge in [-0.15, -0.1) is 0 Å². The molecule has 0 aromatic heterocycles. The summed E-state index contributed by atoms with van der Waals surface area (Å²) < 4.78 is 0. The minimum absolute atomic E-state index is 0.0205. The van der Waals surface area contributed by atoms with E-state index in [0.717, 1.165) is 0 Å². The van der Waals surface area contributed by atoms with Gasteiger partial charge in [0.25, 0.3) is 0 Å². The SMILES string of the molecule is CC(C)(C)C(=O)NCC1(O)CNC1. The lowest BCUT2D eigenvalue weighted by Crippen LogP contribution is -2.65. The highest BCUT2D eigenvalue weighted by Gasteiger charge is 2.35. The van der Waals surface area contributed by atoms with Crippen LogP contribution >= 0.6 is 0 Å². The summed E-state index contributed by atoms with van der Waals surface area (Å²) in [6, 6.07) is 0. The number of hydrogen-bond acceptors (Lipinski definition) is 3. The number of nitrogens with one attached hydrogen (secondary N) is 2. The molecular formula is C9H18N2O2. The third-order valence-corrected chi connectivity index (χ3v) is 2.17. The summed E-state index contributed by atoms with van der Waals surface area (Å²) in [6.45, 7) is 7.03. The van der Waals surface area contributed by atoms with E-state index in [2.05, 4.69) is 10.6 Å². The van der Waals surface area contributed by atoms with E-state index >= 15 is 0 Å². The molecule has 1 fully saturated rings. The van der Waals surface area contributed by atoms with E-state index in [9.17, 15) is 9.90 Å². The summed E-state index contributed by atoms with van der Waals surface area (Å²) in [4.78, 5) is 11.4. The zero-order valence-corrected chi connectivity index (χ0v) is 8.48. The molecule has 13 heavy (non-hydrogen) atoms. The van der Waals surface area contributed by atoms with E-state index in [1.807, 2.05) is 20.8 Å². The molecule has 0 spiro atoms. The molecule has 0 saturated carbocycles. The van der Waals surface area contributed by atoms with Crippen molar-refractivity contribution in [3.8, 4) is 0 Å². The second kappa shape index (κ2) is 3.27. The largest absolute Gasteiger partial charge is 0.385 e. The van der Waals surface area contributed by atoms with Crippen LogP contribution in [0.5, 0.6) is 0 Å². The quantitative estimate of drug-likeness (QED) is 0.544. The van der Waals surface area contributed by atoms with E-state index in [1.54, 1.807) is 0 Å².